The summed E-state index contributed by atoms with van der Waals surface area (Å²) in [6, 6.07) is 8.11. The Hall–Kier alpha value is -2.13. The molecule has 0 spiro atoms. The first-order chi connectivity index (χ1) is 15.4. The molecule has 2 aromatic heterocycles. The average molecular weight is 520 g/mol. The lowest BCUT2D eigenvalue weighted by atomic mass is 10.1. The Bertz CT molecular complexity index is 1120. The lowest BCUT2D eigenvalue weighted by Crippen LogP contribution is -2.39. The van der Waals surface area contributed by atoms with Crippen molar-refractivity contribution < 1.29 is 9.09 Å². The first-order valence-corrected chi connectivity index (χ1v) is 13.7. The molecular weight excluding hydrogens is 493 g/mol. The van der Waals surface area contributed by atoms with E-state index in [1.807, 2.05) is 31.2 Å². The Morgan fingerprint density at radius 2 is 2.06 bits per heavy atom. The molecule has 1 fully saturated rings. The number of piperidine rings is 1. The number of aromatic nitrogens is 4. The SMILES string of the molecule is CCOP(C)(=O)CN1CCC(Nc2ncc3ncnc(Nc4cccc(Br)c4)c3n2)CC1. The summed E-state index contributed by atoms with van der Waals surface area (Å²) in [5.74, 6) is 1.18. The lowest BCUT2D eigenvalue weighted by Gasteiger charge is -2.33. The number of nitrogens with zero attached hydrogens (tertiary/aromatic N) is 5. The molecule has 0 radical (unpaired) electrons. The highest BCUT2D eigenvalue weighted by atomic mass is 79.9. The fourth-order valence-corrected chi connectivity index (χ4v) is 5.83. The molecule has 1 saturated heterocycles. The summed E-state index contributed by atoms with van der Waals surface area (Å²) in [5.41, 5.74) is 2.23. The van der Waals surface area contributed by atoms with Crippen LogP contribution in [0.1, 0.15) is 19.8 Å². The molecule has 0 aliphatic carbocycles. The second-order valence-corrected chi connectivity index (χ2v) is 11.4. The highest BCUT2D eigenvalue weighted by Gasteiger charge is 2.25. The van der Waals surface area contributed by atoms with Crippen LogP contribution in [0.15, 0.2) is 41.3 Å². The molecule has 1 unspecified atom stereocenters. The number of hydrogen-bond donors (Lipinski definition) is 2. The van der Waals surface area contributed by atoms with E-state index in [0.717, 1.165) is 36.1 Å². The molecule has 32 heavy (non-hydrogen) atoms. The maximum absolute atomic E-state index is 12.4. The van der Waals surface area contributed by atoms with E-state index < -0.39 is 7.37 Å². The van der Waals surface area contributed by atoms with Crippen molar-refractivity contribution in [3.05, 3.63) is 41.3 Å². The van der Waals surface area contributed by atoms with E-state index in [9.17, 15) is 4.57 Å². The van der Waals surface area contributed by atoms with E-state index in [2.05, 4.69) is 46.4 Å². The van der Waals surface area contributed by atoms with Gasteiger partial charge >= 0.3 is 0 Å². The molecule has 1 aromatic carbocycles. The Morgan fingerprint density at radius 1 is 1.25 bits per heavy atom. The summed E-state index contributed by atoms with van der Waals surface area (Å²) in [7, 11) is -2.56. The van der Waals surface area contributed by atoms with Gasteiger partial charge in [0.2, 0.25) is 13.3 Å². The number of fused-ring (bicyclic) bond motifs is 1. The summed E-state index contributed by atoms with van der Waals surface area (Å²) < 4.78 is 18.8. The standard InChI is InChI=1S/C21H27BrN7O2P/c1-3-31-32(2,30)14-29-9-7-16(8-10-29)27-21-23-12-18-19(28-21)20(25-13-24-18)26-17-6-4-5-15(22)11-17/h4-6,11-13,16H,3,7-10,14H2,1-2H3,(H,23,27,28)(H,24,25,26). The van der Waals surface area contributed by atoms with Gasteiger partial charge in [0.1, 0.15) is 17.4 Å². The van der Waals surface area contributed by atoms with Crippen LogP contribution in [0.25, 0.3) is 11.0 Å². The van der Waals surface area contributed by atoms with E-state index in [1.54, 1.807) is 12.9 Å². The molecule has 11 heteroatoms. The van der Waals surface area contributed by atoms with Gasteiger partial charge in [0, 0.05) is 36.0 Å². The van der Waals surface area contributed by atoms with Crippen LogP contribution in [-0.4, -0.2) is 63.5 Å². The zero-order valence-electron chi connectivity index (χ0n) is 18.2. The predicted molar refractivity (Wildman–Crippen MR) is 131 cm³/mol. The molecule has 0 saturated carbocycles. The normalized spacial score (nSPS) is 17.2. The van der Waals surface area contributed by atoms with Gasteiger partial charge in [-0.25, -0.2) is 19.9 Å². The van der Waals surface area contributed by atoms with Gasteiger partial charge < -0.3 is 15.2 Å². The minimum absolute atomic E-state index is 0.248. The maximum Gasteiger partial charge on any atom is 0.223 e. The zero-order chi connectivity index (χ0) is 22.6. The number of likely N-dealkylation sites (tertiary alicyclic amines) is 1. The topological polar surface area (TPSA) is 105 Å². The van der Waals surface area contributed by atoms with Crippen LogP contribution < -0.4 is 10.6 Å². The summed E-state index contributed by atoms with van der Waals surface area (Å²) >= 11 is 3.49. The summed E-state index contributed by atoms with van der Waals surface area (Å²) in [6.45, 7) is 5.78. The monoisotopic (exact) mass is 519 g/mol. The van der Waals surface area contributed by atoms with Crippen LogP contribution in [0, 0.1) is 0 Å². The van der Waals surface area contributed by atoms with Gasteiger partial charge in [-0.15, -0.1) is 0 Å². The molecule has 1 atom stereocenters. The molecule has 3 aromatic rings. The number of anilines is 3. The number of benzene rings is 1. The van der Waals surface area contributed by atoms with Crippen LogP contribution in [0.5, 0.6) is 0 Å². The van der Waals surface area contributed by atoms with Crippen molar-refractivity contribution in [2.75, 3.05) is 43.3 Å². The molecular formula is C21H27BrN7O2P. The van der Waals surface area contributed by atoms with Crippen molar-refractivity contribution >= 4 is 51.8 Å². The molecule has 0 amide bonds. The second kappa shape index (κ2) is 10.2. The number of rotatable bonds is 8. The van der Waals surface area contributed by atoms with Crippen LogP contribution >= 0.6 is 23.3 Å². The van der Waals surface area contributed by atoms with Gasteiger partial charge in [-0.05, 0) is 38.0 Å². The third-order valence-corrected chi connectivity index (χ3v) is 7.46. The Balaban J connectivity index is 1.43. The van der Waals surface area contributed by atoms with E-state index in [0.29, 0.717) is 35.7 Å². The Labute approximate surface area is 196 Å². The smallest absolute Gasteiger partial charge is 0.223 e. The van der Waals surface area contributed by atoms with Crippen molar-refractivity contribution in [2.45, 2.75) is 25.8 Å². The quantitative estimate of drug-likeness (QED) is 0.409. The van der Waals surface area contributed by atoms with E-state index in [4.69, 9.17) is 9.51 Å². The largest absolute Gasteiger partial charge is 0.351 e. The molecule has 1 aliphatic rings. The average Bonchev–Trinajstić information content (AvgIpc) is 2.75. The fourth-order valence-electron chi connectivity index (χ4n) is 3.80. The van der Waals surface area contributed by atoms with Crippen LogP contribution in [0.2, 0.25) is 0 Å². The van der Waals surface area contributed by atoms with Gasteiger partial charge in [0.25, 0.3) is 0 Å². The van der Waals surface area contributed by atoms with Crippen LogP contribution in [0.3, 0.4) is 0 Å². The molecule has 2 N–H and O–H groups in total. The number of halogens is 1. The summed E-state index contributed by atoms with van der Waals surface area (Å²) in [4.78, 5) is 20.0. The van der Waals surface area contributed by atoms with Crippen molar-refractivity contribution in [3.8, 4) is 0 Å². The maximum atomic E-state index is 12.4. The van der Waals surface area contributed by atoms with E-state index >= 15 is 0 Å². The highest BCUT2D eigenvalue weighted by Crippen LogP contribution is 2.43. The van der Waals surface area contributed by atoms with Gasteiger partial charge in [0.15, 0.2) is 5.82 Å². The molecule has 1 aliphatic heterocycles. The first kappa shape index (κ1) is 23.0. The second-order valence-electron chi connectivity index (χ2n) is 7.90. The minimum Gasteiger partial charge on any atom is -0.351 e. The molecule has 4 rings (SSSR count). The summed E-state index contributed by atoms with van der Waals surface area (Å²) in [5, 5.41) is 6.75. The summed E-state index contributed by atoms with van der Waals surface area (Å²) in [6.07, 6.45) is 5.55. The van der Waals surface area contributed by atoms with Gasteiger partial charge in [0.05, 0.1) is 19.1 Å². The highest BCUT2D eigenvalue weighted by molar-refractivity contribution is 9.10. The van der Waals surface area contributed by atoms with Crippen LogP contribution in [0.4, 0.5) is 17.5 Å². The van der Waals surface area contributed by atoms with Crippen LogP contribution in [-0.2, 0) is 9.09 Å². The van der Waals surface area contributed by atoms with E-state index in [-0.39, 0.29) is 6.04 Å². The number of nitrogens with one attached hydrogen (secondary N) is 2. The molecule has 9 nitrogen and oxygen atoms in total. The minimum atomic E-state index is -2.56. The van der Waals surface area contributed by atoms with Crippen molar-refractivity contribution in [3.63, 3.8) is 0 Å². The van der Waals surface area contributed by atoms with Gasteiger partial charge in [-0.3, -0.25) is 9.46 Å². The fraction of sp³-hybridized carbons (Fsp3) is 0.429. The number of hydrogen-bond acceptors (Lipinski definition) is 9. The van der Waals surface area contributed by atoms with Crippen molar-refractivity contribution in [2.24, 2.45) is 0 Å². The van der Waals surface area contributed by atoms with Crippen molar-refractivity contribution in [1.29, 1.82) is 0 Å². The molecule has 3 heterocycles. The zero-order valence-corrected chi connectivity index (χ0v) is 20.6. The van der Waals surface area contributed by atoms with Gasteiger partial charge in [-0.2, -0.15) is 0 Å². The third kappa shape index (κ3) is 6.01. The van der Waals surface area contributed by atoms with E-state index in [1.165, 1.54) is 6.33 Å². The lowest BCUT2D eigenvalue weighted by molar-refractivity contribution is 0.233. The first-order valence-electron chi connectivity index (χ1n) is 10.6. The Kier molecular flexibility index (Phi) is 7.35. The Morgan fingerprint density at radius 3 is 2.81 bits per heavy atom. The molecule has 0 bridgehead atoms. The van der Waals surface area contributed by atoms with Gasteiger partial charge in [-0.1, -0.05) is 22.0 Å². The molecule has 170 valence electrons. The predicted octanol–water partition coefficient (Wildman–Crippen LogP) is 4.70. The van der Waals surface area contributed by atoms with Crippen molar-refractivity contribution in [1.82, 2.24) is 24.8 Å². The third-order valence-electron chi connectivity index (χ3n) is 5.24.